The Kier molecular flexibility index (Phi) is 10.8. The summed E-state index contributed by atoms with van der Waals surface area (Å²) in [7, 11) is 0. The Morgan fingerprint density at radius 2 is 1.81 bits per heavy atom. The van der Waals surface area contributed by atoms with Crippen molar-refractivity contribution in [1.29, 1.82) is 0 Å². The number of unbranched alkanes of at least 4 members (excludes halogenated alkanes) is 5. The molecule has 2 N–H and O–H groups in total. The summed E-state index contributed by atoms with van der Waals surface area (Å²) < 4.78 is 0. The lowest BCUT2D eigenvalue weighted by atomic mass is 10.1. The van der Waals surface area contributed by atoms with Gasteiger partial charge in [-0.15, -0.1) is 0 Å². The highest BCUT2D eigenvalue weighted by atomic mass is 35.5. The van der Waals surface area contributed by atoms with Gasteiger partial charge in [0.25, 0.3) is 5.91 Å². The molecule has 148 valence electrons. The van der Waals surface area contributed by atoms with E-state index < -0.39 is 23.5 Å². The molecule has 1 aromatic carbocycles. The highest BCUT2D eigenvalue weighted by molar-refractivity contribution is 6.65. The van der Waals surface area contributed by atoms with E-state index in [1.807, 2.05) is 0 Å². The average Bonchev–Trinajstić information content (AvgIpc) is 2.60. The van der Waals surface area contributed by atoms with Gasteiger partial charge in [-0.3, -0.25) is 19.7 Å². The minimum Gasteiger partial charge on any atom is -0.350 e. The van der Waals surface area contributed by atoms with Crippen molar-refractivity contribution in [3.05, 3.63) is 29.3 Å². The van der Waals surface area contributed by atoms with E-state index in [4.69, 9.17) is 11.6 Å². The maximum absolute atomic E-state index is 12.0. The fraction of sp³-hybridized carbons (Fsp3) is 0.474. The van der Waals surface area contributed by atoms with Crippen LogP contribution in [0.1, 0.15) is 52.4 Å². The van der Waals surface area contributed by atoms with Crippen LogP contribution in [0, 0.1) is 0 Å². The third kappa shape index (κ3) is 9.75. The molecule has 0 heterocycles. The first-order valence-corrected chi connectivity index (χ1v) is 9.42. The Morgan fingerprint density at radius 1 is 1.11 bits per heavy atom. The Bertz CT molecular complexity index is 677. The number of benzene rings is 1. The van der Waals surface area contributed by atoms with Crippen LogP contribution in [-0.2, 0) is 14.4 Å². The van der Waals surface area contributed by atoms with Crippen molar-refractivity contribution >= 4 is 40.8 Å². The number of rotatable bonds is 11. The van der Waals surface area contributed by atoms with Crippen LogP contribution in [0.4, 0.5) is 10.5 Å². The number of oxime groups is 1. The maximum Gasteiger partial charge on any atom is 0.437 e. The topological polar surface area (TPSA) is 96.9 Å². The van der Waals surface area contributed by atoms with Crippen LogP contribution in [-0.4, -0.2) is 30.0 Å². The van der Waals surface area contributed by atoms with Crippen molar-refractivity contribution in [1.82, 2.24) is 5.32 Å². The van der Waals surface area contributed by atoms with E-state index in [0.29, 0.717) is 17.3 Å². The van der Waals surface area contributed by atoms with Crippen LogP contribution < -0.4 is 10.6 Å². The highest BCUT2D eigenvalue weighted by Crippen LogP contribution is 2.15. The van der Waals surface area contributed by atoms with E-state index >= 15 is 0 Å². The molecule has 0 radical (unpaired) electrons. The standard InChI is InChI=1S/C19H26ClN3O4/c1-3-4-5-6-7-8-12-21-18(25)17(14(2)24)23-27-19(26)22-16-11-9-10-15(20)13-16/h9-11,13H,3-8,12H2,1-2H3,(H,21,25)(H,22,26). The van der Waals surface area contributed by atoms with E-state index in [-0.39, 0.29) is 0 Å². The van der Waals surface area contributed by atoms with Crippen LogP contribution in [0.2, 0.25) is 5.02 Å². The lowest BCUT2D eigenvalue weighted by Gasteiger charge is -2.06. The summed E-state index contributed by atoms with van der Waals surface area (Å²) in [4.78, 5) is 40.0. The van der Waals surface area contributed by atoms with Crippen molar-refractivity contribution in [2.24, 2.45) is 5.16 Å². The minimum atomic E-state index is -0.931. The largest absolute Gasteiger partial charge is 0.437 e. The molecule has 0 aromatic heterocycles. The zero-order valence-electron chi connectivity index (χ0n) is 15.7. The van der Waals surface area contributed by atoms with Gasteiger partial charge in [0, 0.05) is 24.2 Å². The van der Waals surface area contributed by atoms with Gasteiger partial charge in [-0.2, -0.15) is 0 Å². The second-order valence-electron chi connectivity index (χ2n) is 6.03. The quantitative estimate of drug-likeness (QED) is 0.192. The maximum atomic E-state index is 12.0. The molecule has 0 atom stereocenters. The van der Waals surface area contributed by atoms with Crippen molar-refractivity contribution < 1.29 is 19.2 Å². The predicted octanol–water partition coefficient (Wildman–Crippen LogP) is 4.31. The van der Waals surface area contributed by atoms with Crippen molar-refractivity contribution in [2.75, 3.05) is 11.9 Å². The number of nitrogens with zero attached hydrogens (tertiary/aromatic N) is 1. The summed E-state index contributed by atoms with van der Waals surface area (Å²) >= 11 is 5.82. The summed E-state index contributed by atoms with van der Waals surface area (Å²) in [5, 5.41) is 8.84. The highest BCUT2D eigenvalue weighted by Gasteiger charge is 2.18. The first-order valence-electron chi connectivity index (χ1n) is 9.04. The second kappa shape index (κ2) is 12.9. The number of carbonyl (C=O) groups is 3. The molecule has 0 aliphatic heterocycles. The van der Waals surface area contributed by atoms with E-state index in [1.54, 1.807) is 18.2 Å². The Labute approximate surface area is 164 Å². The van der Waals surface area contributed by atoms with E-state index in [2.05, 4.69) is 27.6 Å². The second-order valence-corrected chi connectivity index (χ2v) is 6.47. The molecule has 0 saturated heterocycles. The lowest BCUT2D eigenvalue weighted by Crippen LogP contribution is -2.36. The molecule has 0 aliphatic rings. The average molecular weight is 396 g/mol. The Balaban J connectivity index is 2.45. The van der Waals surface area contributed by atoms with Gasteiger partial charge < -0.3 is 5.32 Å². The van der Waals surface area contributed by atoms with Gasteiger partial charge in [-0.05, 0) is 24.6 Å². The number of hydrogen-bond donors (Lipinski definition) is 2. The number of halogens is 1. The molecular weight excluding hydrogens is 370 g/mol. The monoisotopic (exact) mass is 395 g/mol. The molecule has 27 heavy (non-hydrogen) atoms. The fourth-order valence-electron chi connectivity index (χ4n) is 2.25. The number of anilines is 1. The van der Waals surface area contributed by atoms with Gasteiger partial charge in [0.1, 0.15) is 0 Å². The number of nitrogens with one attached hydrogen (secondary N) is 2. The van der Waals surface area contributed by atoms with E-state index in [0.717, 1.165) is 19.3 Å². The lowest BCUT2D eigenvalue weighted by molar-refractivity contribution is -0.117. The van der Waals surface area contributed by atoms with Gasteiger partial charge in [0.15, 0.2) is 5.78 Å². The van der Waals surface area contributed by atoms with Crippen molar-refractivity contribution in [3.63, 3.8) is 0 Å². The van der Waals surface area contributed by atoms with Crippen LogP contribution in [0.25, 0.3) is 0 Å². The molecule has 1 rings (SSSR count). The van der Waals surface area contributed by atoms with Gasteiger partial charge in [-0.25, -0.2) is 4.79 Å². The minimum absolute atomic E-state index is 0.402. The molecule has 7 nitrogen and oxygen atoms in total. The molecule has 0 saturated carbocycles. The molecular formula is C19H26ClN3O4. The van der Waals surface area contributed by atoms with Crippen molar-refractivity contribution in [2.45, 2.75) is 52.4 Å². The number of hydrogen-bond acceptors (Lipinski definition) is 5. The smallest absolute Gasteiger partial charge is 0.350 e. The molecule has 0 unspecified atom stereocenters. The summed E-state index contributed by atoms with van der Waals surface area (Å²) in [5.41, 5.74) is -0.0539. The third-order valence-corrected chi connectivity index (χ3v) is 3.89. The van der Waals surface area contributed by atoms with Gasteiger partial charge in [0.2, 0.25) is 5.71 Å². The fourth-order valence-corrected chi connectivity index (χ4v) is 2.44. The molecule has 0 aliphatic carbocycles. The molecule has 0 spiro atoms. The summed E-state index contributed by atoms with van der Waals surface area (Å²) in [6.07, 6.45) is 5.58. The van der Waals surface area contributed by atoms with Gasteiger partial charge in [-0.1, -0.05) is 61.9 Å². The predicted molar refractivity (Wildman–Crippen MR) is 106 cm³/mol. The van der Waals surface area contributed by atoms with Crippen LogP contribution in [0.15, 0.2) is 29.4 Å². The molecule has 2 amide bonds. The first kappa shape index (κ1) is 22.6. The summed E-state index contributed by atoms with van der Waals surface area (Å²) in [5.74, 6) is -1.25. The van der Waals surface area contributed by atoms with Gasteiger partial charge in [0.05, 0.1) is 0 Å². The van der Waals surface area contributed by atoms with Gasteiger partial charge >= 0.3 is 6.09 Å². The van der Waals surface area contributed by atoms with Crippen LogP contribution in [0.3, 0.4) is 0 Å². The SMILES string of the molecule is CCCCCCCCNC(=O)C(=NOC(=O)Nc1cccc(Cl)c1)C(C)=O. The number of ketones is 1. The summed E-state index contributed by atoms with van der Waals surface area (Å²) in [6.45, 7) is 3.77. The molecule has 0 fully saturated rings. The van der Waals surface area contributed by atoms with Crippen LogP contribution in [0.5, 0.6) is 0 Å². The van der Waals surface area contributed by atoms with E-state index in [1.165, 1.54) is 32.3 Å². The molecule has 1 aromatic rings. The van der Waals surface area contributed by atoms with Crippen LogP contribution >= 0.6 is 11.6 Å². The zero-order chi connectivity index (χ0) is 20.1. The molecule has 8 heteroatoms. The Morgan fingerprint density at radius 3 is 2.48 bits per heavy atom. The Hall–Kier alpha value is -2.41. The van der Waals surface area contributed by atoms with E-state index in [9.17, 15) is 14.4 Å². The number of carbonyl (C=O) groups excluding carboxylic acids is 3. The van der Waals surface area contributed by atoms with Crippen molar-refractivity contribution in [3.8, 4) is 0 Å². The first-order chi connectivity index (χ1) is 12.9. The zero-order valence-corrected chi connectivity index (χ0v) is 16.5. The number of Topliss-reactive ketones (excluding diaryl/α,β-unsaturated/α-hetero) is 1. The number of amides is 2. The summed E-state index contributed by atoms with van der Waals surface area (Å²) in [6, 6.07) is 6.43. The third-order valence-electron chi connectivity index (χ3n) is 3.66. The molecule has 0 bridgehead atoms. The normalized spacial score (nSPS) is 11.0.